The molecule has 2 N–H and O–H groups in total. The lowest BCUT2D eigenvalue weighted by molar-refractivity contribution is 0.00578. The van der Waals surface area contributed by atoms with E-state index >= 15 is 0 Å². The Bertz CT molecular complexity index is 598. The van der Waals surface area contributed by atoms with Crippen LogP contribution in [0.1, 0.15) is 50.9 Å². The molecule has 3 rings (SSSR count). The van der Waals surface area contributed by atoms with Crippen LogP contribution < -0.4 is 16.1 Å². The molecule has 2 aliphatic rings. The minimum absolute atomic E-state index is 0.169. The molecule has 1 saturated carbocycles. The number of ether oxygens (including phenoxy) is 1. The highest BCUT2D eigenvalue weighted by molar-refractivity contribution is 6.61. The first-order valence-electron chi connectivity index (χ1n) is 7.52. The van der Waals surface area contributed by atoms with Crippen LogP contribution >= 0.6 is 0 Å². The Morgan fingerprint density at radius 2 is 1.91 bits per heavy atom. The van der Waals surface area contributed by atoms with E-state index in [1.807, 2.05) is 27.7 Å². The van der Waals surface area contributed by atoms with Gasteiger partial charge in [-0.1, -0.05) is 0 Å². The van der Waals surface area contributed by atoms with Crippen molar-refractivity contribution in [1.82, 2.24) is 4.98 Å². The Morgan fingerprint density at radius 1 is 1.32 bits per heavy atom. The first-order chi connectivity index (χ1) is 10.2. The van der Waals surface area contributed by atoms with Gasteiger partial charge >= 0.3 is 7.12 Å². The van der Waals surface area contributed by atoms with Crippen LogP contribution in [0.4, 0.5) is 0 Å². The van der Waals surface area contributed by atoms with Crippen molar-refractivity contribution in [2.45, 2.75) is 57.8 Å². The fourth-order valence-corrected chi connectivity index (χ4v) is 2.20. The zero-order valence-corrected chi connectivity index (χ0v) is 13.4. The van der Waals surface area contributed by atoms with Gasteiger partial charge in [-0.15, -0.1) is 0 Å². The number of hydrogen-bond acceptors (Lipinski definition) is 5. The van der Waals surface area contributed by atoms with Crippen LogP contribution in [0.25, 0.3) is 0 Å². The van der Waals surface area contributed by atoms with Crippen LogP contribution in [0.5, 0.6) is 5.75 Å². The number of amides is 1. The summed E-state index contributed by atoms with van der Waals surface area (Å²) in [6.45, 7) is 7.86. The summed E-state index contributed by atoms with van der Waals surface area (Å²) in [4.78, 5) is 16.0. The van der Waals surface area contributed by atoms with Gasteiger partial charge in [-0.3, -0.25) is 9.78 Å². The second kappa shape index (κ2) is 4.96. The van der Waals surface area contributed by atoms with Gasteiger partial charge in [-0.25, -0.2) is 0 Å². The number of pyridine rings is 1. The van der Waals surface area contributed by atoms with Crippen molar-refractivity contribution in [3.05, 3.63) is 17.8 Å². The number of nitrogens with two attached hydrogens (primary N) is 1. The van der Waals surface area contributed by atoms with Gasteiger partial charge in [0.25, 0.3) is 5.91 Å². The average molecular weight is 304 g/mol. The van der Waals surface area contributed by atoms with Gasteiger partial charge in [0.1, 0.15) is 0 Å². The molecule has 0 bridgehead atoms. The zero-order valence-electron chi connectivity index (χ0n) is 13.4. The molecule has 0 radical (unpaired) electrons. The number of nitrogens with zero attached hydrogens (tertiary/aromatic N) is 1. The maximum Gasteiger partial charge on any atom is 0.514 e. The van der Waals surface area contributed by atoms with E-state index in [-0.39, 0.29) is 6.10 Å². The van der Waals surface area contributed by atoms with Gasteiger partial charge in [-0.05, 0) is 46.6 Å². The van der Waals surface area contributed by atoms with Crippen LogP contribution in [-0.4, -0.2) is 35.3 Å². The summed E-state index contributed by atoms with van der Waals surface area (Å²) in [5.74, 6) is -0.119. The average Bonchev–Trinajstić information content (AvgIpc) is 3.17. The van der Waals surface area contributed by atoms with Gasteiger partial charge < -0.3 is 19.8 Å². The molecule has 0 spiro atoms. The number of aromatic nitrogens is 1. The van der Waals surface area contributed by atoms with Crippen LogP contribution in [0.15, 0.2) is 12.3 Å². The lowest BCUT2D eigenvalue weighted by Gasteiger charge is -2.32. The summed E-state index contributed by atoms with van der Waals surface area (Å²) in [6.07, 6.45) is 3.69. The van der Waals surface area contributed by atoms with Crippen LogP contribution in [-0.2, 0) is 9.31 Å². The first kappa shape index (κ1) is 15.3. The number of carbonyl (C=O) groups excluding carboxylic acids is 1. The molecule has 2 fully saturated rings. The van der Waals surface area contributed by atoms with E-state index in [0.717, 1.165) is 12.8 Å². The fourth-order valence-electron chi connectivity index (χ4n) is 2.20. The van der Waals surface area contributed by atoms with Crippen molar-refractivity contribution in [1.29, 1.82) is 0 Å². The van der Waals surface area contributed by atoms with Crippen molar-refractivity contribution in [3.63, 3.8) is 0 Å². The number of primary amides is 1. The maximum absolute atomic E-state index is 11.7. The highest BCUT2D eigenvalue weighted by Gasteiger charge is 2.52. The fraction of sp³-hybridized carbons (Fsp3) is 0.600. The monoisotopic (exact) mass is 304 g/mol. The van der Waals surface area contributed by atoms with E-state index in [1.165, 1.54) is 6.20 Å². The van der Waals surface area contributed by atoms with Crippen molar-refractivity contribution in [2.24, 2.45) is 5.73 Å². The van der Waals surface area contributed by atoms with E-state index < -0.39 is 24.2 Å². The first-order valence-corrected chi connectivity index (χ1v) is 7.52. The number of hydrogen-bond donors (Lipinski definition) is 1. The lowest BCUT2D eigenvalue weighted by Crippen LogP contribution is -2.41. The molecule has 22 heavy (non-hydrogen) atoms. The van der Waals surface area contributed by atoms with E-state index in [9.17, 15) is 4.79 Å². The molecule has 0 aromatic carbocycles. The molecule has 118 valence electrons. The van der Waals surface area contributed by atoms with Gasteiger partial charge in [0.15, 0.2) is 5.75 Å². The smallest absolute Gasteiger partial charge is 0.488 e. The predicted molar refractivity (Wildman–Crippen MR) is 82.1 cm³/mol. The van der Waals surface area contributed by atoms with Crippen LogP contribution in [0, 0.1) is 0 Å². The Kier molecular flexibility index (Phi) is 3.45. The summed E-state index contributed by atoms with van der Waals surface area (Å²) in [5, 5.41) is 0. The molecule has 2 heterocycles. The summed E-state index contributed by atoms with van der Waals surface area (Å²) in [5.41, 5.74) is 5.37. The highest BCUT2D eigenvalue weighted by atomic mass is 16.7. The van der Waals surface area contributed by atoms with Crippen molar-refractivity contribution >= 4 is 18.6 Å². The predicted octanol–water partition coefficient (Wildman–Crippen LogP) is 1.02. The Morgan fingerprint density at radius 3 is 2.41 bits per heavy atom. The minimum Gasteiger partial charge on any atom is -0.488 e. The molecule has 7 heteroatoms. The van der Waals surface area contributed by atoms with E-state index in [1.54, 1.807) is 6.07 Å². The lowest BCUT2D eigenvalue weighted by atomic mass is 9.83. The summed E-state index contributed by atoms with van der Waals surface area (Å²) >= 11 is 0. The Labute approximate surface area is 130 Å². The Balaban J connectivity index is 1.89. The van der Waals surface area contributed by atoms with Gasteiger partial charge in [0, 0.05) is 0 Å². The molecule has 1 aromatic rings. The molecule has 6 nitrogen and oxygen atoms in total. The number of carbonyl (C=O) groups is 1. The molecule has 1 aliphatic carbocycles. The second-order valence-corrected chi connectivity index (χ2v) is 6.88. The minimum atomic E-state index is -0.627. The van der Waals surface area contributed by atoms with Gasteiger partial charge in [-0.2, -0.15) is 0 Å². The molecule has 1 saturated heterocycles. The molecule has 1 aliphatic heterocycles. The van der Waals surface area contributed by atoms with E-state index in [4.69, 9.17) is 19.8 Å². The van der Waals surface area contributed by atoms with Gasteiger partial charge in [0.05, 0.1) is 34.7 Å². The summed E-state index contributed by atoms with van der Waals surface area (Å²) in [7, 11) is -0.627. The number of rotatable bonds is 4. The second-order valence-electron chi connectivity index (χ2n) is 6.88. The van der Waals surface area contributed by atoms with Crippen molar-refractivity contribution in [3.8, 4) is 5.75 Å². The largest absolute Gasteiger partial charge is 0.514 e. The Hall–Kier alpha value is -1.60. The standard InChI is InChI=1S/C15H21BN2O4/c1-14(2)15(3,4)22-16(21-14)12-7-10(13(17)19)11(8-18-12)20-9-5-6-9/h7-9H,5-6H2,1-4H3,(H2,17,19). The SMILES string of the molecule is CC1(C)OB(c2cc(C(N)=O)c(OC3CC3)cn2)OC1(C)C. The van der Waals surface area contributed by atoms with E-state index in [0.29, 0.717) is 16.9 Å². The topological polar surface area (TPSA) is 83.7 Å². The van der Waals surface area contributed by atoms with Gasteiger partial charge in [0.2, 0.25) is 0 Å². The molecule has 0 unspecified atom stereocenters. The molecule has 0 atom stereocenters. The van der Waals surface area contributed by atoms with Crippen molar-refractivity contribution < 1.29 is 18.8 Å². The van der Waals surface area contributed by atoms with Crippen LogP contribution in [0.3, 0.4) is 0 Å². The van der Waals surface area contributed by atoms with Crippen molar-refractivity contribution in [2.75, 3.05) is 0 Å². The molecule has 1 amide bonds. The summed E-state index contributed by atoms with van der Waals surface area (Å²) < 4.78 is 17.6. The highest BCUT2D eigenvalue weighted by Crippen LogP contribution is 2.36. The zero-order chi connectivity index (χ0) is 16.1. The molecule has 1 aromatic heterocycles. The maximum atomic E-state index is 11.7. The third-order valence-corrected chi connectivity index (χ3v) is 4.47. The summed E-state index contributed by atoms with van der Waals surface area (Å²) in [6, 6.07) is 1.60. The molecular weight excluding hydrogens is 283 g/mol. The molecular formula is C15H21BN2O4. The normalized spacial score (nSPS) is 22.6. The third-order valence-electron chi connectivity index (χ3n) is 4.47. The van der Waals surface area contributed by atoms with Crippen LogP contribution in [0.2, 0.25) is 0 Å². The van der Waals surface area contributed by atoms with E-state index in [2.05, 4.69) is 4.98 Å². The quantitative estimate of drug-likeness (QED) is 0.840. The third kappa shape index (κ3) is 2.70.